The third kappa shape index (κ3) is 3.79. The Labute approximate surface area is 147 Å². The number of anilines is 1. The Morgan fingerprint density at radius 1 is 1.23 bits per heavy atom. The lowest BCUT2D eigenvalue weighted by atomic mass is 9.98. The standard InChI is InChI=1S/C18H16F4N2O2/c19-15-5-4-13(18(20,21)22)8-14(15)11-3-6-16(23-9-11)24-7-1-2-12(10-24)17(25)26/h3-6,8-9,12H,1-2,7,10H2,(H,25,26). The fourth-order valence-electron chi connectivity index (χ4n) is 3.04. The summed E-state index contributed by atoms with van der Waals surface area (Å²) in [4.78, 5) is 17.1. The largest absolute Gasteiger partial charge is 0.481 e. The van der Waals surface area contributed by atoms with Crippen LogP contribution in [0.15, 0.2) is 36.5 Å². The van der Waals surface area contributed by atoms with Crippen molar-refractivity contribution in [1.82, 2.24) is 4.98 Å². The highest BCUT2D eigenvalue weighted by molar-refractivity contribution is 5.71. The van der Waals surface area contributed by atoms with Gasteiger partial charge in [-0.2, -0.15) is 13.2 Å². The van der Waals surface area contributed by atoms with Gasteiger partial charge in [0.1, 0.15) is 11.6 Å². The van der Waals surface area contributed by atoms with Gasteiger partial charge in [-0.25, -0.2) is 9.37 Å². The molecule has 1 fully saturated rings. The van der Waals surface area contributed by atoms with Crippen molar-refractivity contribution in [3.8, 4) is 11.1 Å². The number of rotatable bonds is 3. The minimum atomic E-state index is -4.56. The van der Waals surface area contributed by atoms with Crippen molar-refractivity contribution in [1.29, 1.82) is 0 Å². The van der Waals surface area contributed by atoms with Crippen LogP contribution in [-0.2, 0) is 11.0 Å². The van der Waals surface area contributed by atoms with Gasteiger partial charge < -0.3 is 10.0 Å². The van der Waals surface area contributed by atoms with E-state index in [0.717, 1.165) is 12.1 Å². The molecule has 3 rings (SSSR count). The van der Waals surface area contributed by atoms with Crippen molar-refractivity contribution in [2.45, 2.75) is 19.0 Å². The van der Waals surface area contributed by atoms with Crippen LogP contribution in [0, 0.1) is 11.7 Å². The first-order valence-corrected chi connectivity index (χ1v) is 8.06. The fourth-order valence-corrected chi connectivity index (χ4v) is 3.04. The molecule has 0 bridgehead atoms. The minimum Gasteiger partial charge on any atom is -0.481 e. The number of hydrogen-bond acceptors (Lipinski definition) is 3. The summed E-state index contributed by atoms with van der Waals surface area (Å²) in [5.41, 5.74) is -0.886. The molecule has 1 N–H and O–H groups in total. The number of alkyl halides is 3. The number of pyridine rings is 1. The van der Waals surface area contributed by atoms with E-state index in [1.807, 2.05) is 4.90 Å². The number of carbonyl (C=O) groups is 1. The van der Waals surface area contributed by atoms with E-state index >= 15 is 0 Å². The van der Waals surface area contributed by atoms with Gasteiger partial charge in [-0.1, -0.05) is 0 Å². The van der Waals surface area contributed by atoms with Crippen molar-refractivity contribution < 1.29 is 27.5 Å². The molecular weight excluding hydrogens is 352 g/mol. The summed E-state index contributed by atoms with van der Waals surface area (Å²) < 4.78 is 52.5. The number of benzene rings is 1. The lowest BCUT2D eigenvalue weighted by Crippen LogP contribution is -2.39. The second kappa shape index (κ2) is 6.93. The van der Waals surface area contributed by atoms with Gasteiger partial charge in [0.25, 0.3) is 0 Å². The molecule has 0 radical (unpaired) electrons. The number of hydrogen-bond donors (Lipinski definition) is 1. The topological polar surface area (TPSA) is 53.4 Å². The van der Waals surface area contributed by atoms with Gasteiger partial charge in [-0.15, -0.1) is 0 Å². The van der Waals surface area contributed by atoms with Gasteiger partial charge >= 0.3 is 12.1 Å². The molecule has 1 aromatic carbocycles. The summed E-state index contributed by atoms with van der Waals surface area (Å²) in [5, 5.41) is 9.14. The van der Waals surface area contributed by atoms with Crippen LogP contribution < -0.4 is 4.90 Å². The SMILES string of the molecule is O=C(O)C1CCCN(c2ccc(-c3cc(C(F)(F)F)ccc3F)cn2)C1. The molecule has 0 saturated carbocycles. The minimum absolute atomic E-state index is 0.180. The van der Waals surface area contributed by atoms with Gasteiger partial charge in [-0.3, -0.25) is 4.79 Å². The molecule has 0 aliphatic carbocycles. The van der Waals surface area contributed by atoms with Gasteiger partial charge in [0.05, 0.1) is 11.5 Å². The zero-order valence-corrected chi connectivity index (χ0v) is 13.6. The molecule has 0 amide bonds. The summed E-state index contributed by atoms with van der Waals surface area (Å²) in [7, 11) is 0. The molecule has 26 heavy (non-hydrogen) atoms. The van der Waals surface area contributed by atoms with E-state index in [-0.39, 0.29) is 11.1 Å². The molecule has 1 atom stereocenters. The summed E-state index contributed by atoms with van der Waals surface area (Å²) in [5.74, 6) is -1.59. The number of aromatic nitrogens is 1. The maximum atomic E-state index is 14.0. The second-order valence-corrected chi connectivity index (χ2v) is 6.22. The predicted molar refractivity (Wildman–Crippen MR) is 87.2 cm³/mol. The number of piperidine rings is 1. The van der Waals surface area contributed by atoms with Crippen LogP contribution >= 0.6 is 0 Å². The van der Waals surface area contributed by atoms with Gasteiger partial charge in [0.2, 0.25) is 0 Å². The Balaban J connectivity index is 1.85. The van der Waals surface area contributed by atoms with Crippen LogP contribution in [0.1, 0.15) is 18.4 Å². The second-order valence-electron chi connectivity index (χ2n) is 6.22. The Bertz CT molecular complexity index is 806. The number of nitrogens with zero attached hydrogens (tertiary/aromatic N) is 2. The first-order valence-electron chi connectivity index (χ1n) is 8.06. The lowest BCUT2D eigenvalue weighted by Gasteiger charge is -2.31. The first kappa shape index (κ1) is 18.2. The number of aliphatic carboxylic acids is 1. The van der Waals surface area contributed by atoms with E-state index in [1.54, 1.807) is 6.07 Å². The lowest BCUT2D eigenvalue weighted by molar-refractivity contribution is -0.142. The quantitative estimate of drug-likeness (QED) is 0.825. The molecule has 4 nitrogen and oxygen atoms in total. The summed E-state index contributed by atoms with van der Waals surface area (Å²) in [6.07, 6.45) is -1.95. The summed E-state index contributed by atoms with van der Waals surface area (Å²) >= 11 is 0. The van der Waals surface area contributed by atoms with E-state index in [1.165, 1.54) is 12.3 Å². The smallest absolute Gasteiger partial charge is 0.416 e. The van der Waals surface area contributed by atoms with Crippen molar-refractivity contribution in [2.75, 3.05) is 18.0 Å². The van der Waals surface area contributed by atoms with E-state index in [4.69, 9.17) is 5.11 Å². The highest BCUT2D eigenvalue weighted by Gasteiger charge is 2.31. The highest BCUT2D eigenvalue weighted by atomic mass is 19.4. The van der Waals surface area contributed by atoms with Gasteiger partial charge in [0.15, 0.2) is 0 Å². The fraction of sp³-hybridized carbons (Fsp3) is 0.333. The molecule has 1 aliphatic rings. The van der Waals surface area contributed by atoms with Crippen molar-refractivity contribution in [3.05, 3.63) is 47.9 Å². The highest BCUT2D eigenvalue weighted by Crippen LogP contribution is 2.34. The molecule has 2 heterocycles. The summed E-state index contributed by atoms with van der Waals surface area (Å²) in [6, 6.07) is 5.30. The Hall–Kier alpha value is -2.64. The Morgan fingerprint density at radius 3 is 2.62 bits per heavy atom. The molecule has 2 aromatic rings. The van der Waals surface area contributed by atoms with Gasteiger partial charge in [0, 0.05) is 30.4 Å². The zero-order chi connectivity index (χ0) is 18.9. The van der Waals surface area contributed by atoms with Crippen LogP contribution in [0.5, 0.6) is 0 Å². The maximum absolute atomic E-state index is 14.0. The third-order valence-electron chi connectivity index (χ3n) is 4.45. The van der Waals surface area contributed by atoms with E-state index in [2.05, 4.69) is 4.98 Å². The predicted octanol–water partition coefficient (Wildman–Crippen LogP) is 4.21. The number of carboxylic acid groups (broad SMARTS) is 1. The van der Waals surface area contributed by atoms with Crippen molar-refractivity contribution >= 4 is 11.8 Å². The average molecular weight is 368 g/mol. The maximum Gasteiger partial charge on any atom is 0.416 e. The monoisotopic (exact) mass is 368 g/mol. The molecule has 8 heteroatoms. The molecular formula is C18H16F4N2O2. The normalized spacial score (nSPS) is 18.0. The van der Waals surface area contributed by atoms with Crippen LogP contribution in [0.4, 0.5) is 23.4 Å². The number of halogens is 4. The molecule has 1 unspecified atom stereocenters. The Kier molecular flexibility index (Phi) is 4.84. The van der Waals surface area contributed by atoms with Crippen molar-refractivity contribution in [3.63, 3.8) is 0 Å². The molecule has 1 aromatic heterocycles. The molecule has 1 aliphatic heterocycles. The molecule has 0 spiro atoms. The number of carboxylic acids is 1. The van der Waals surface area contributed by atoms with Gasteiger partial charge in [-0.05, 0) is 43.2 Å². The van der Waals surface area contributed by atoms with Crippen LogP contribution in [-0.4, -0.2) is 29.1 Å². The van der Waals surface area contributed by atoms with E-state index < -0.39 is 29.4 Å². The average Bonchev–Trinajstić information content (AvgIpc) is 2.61. The molecule has 1 saturated heterocycles. The van der Waals surface area contributed by atoms with E-state index in [0.29, 0.717) is 37.8 Å². The third-order valence-corrected chi connectivity index (χ3v) is 4.45. The first-order chi connectivity index (χ1) is 12.3. The molecule has 138 valence electrons. The zero-order valence-electron chi connectivity index (χ0n) is 13.6. The van der Waals surface area contributed by atoms with Crippen LogP contribution in [0.25, 0.3) is 11.1 Å². The van der Waals surface area contributed by atoms with Crippen molar-refractivity contribution in [2.24, 2.45) is 5.92 Å². The van der Waals surface area contributed by atoms with Crippen LogP contribution in [0.3, 0.4) is 0 Å². The van der Waals surface area contributed by atoms with Crippen LogP contribution in [0.2, 0.25) is 0 Å². The van der Waals surface area contributed by atoms with E-state index in [9.17, 15) is 22.4 Å². The Morgan fingerprint density at radius 2 is 2.00 bits per heavy atom. The summed E-state index contributed by atoms with van der Waals surface area (Å²) in [6.45, 7) is 0.966.